The maximum atomic E-state index is 13.2. The van der Waals surface area contributed by atoms with Crippen LogP contribution in [0.4, 0.5) is 5.69 Å². The van der Waals surface area contributed by atoms with Crippen LogP contribution in [0.3, 0.4) is 0 Å². The van der Waals surface area contributed by atoms with Crippen LogP contribution in [0.2, 0.25) is 0 Å². The van der Waals surface area contributed by atoms with E-state index in [4.69, 9.17) is 14.5 Å². The molecular formula is C22H26N4O3. The summed E-state index contributed by atoms with van der Waals surface area (Å²) in [5.74, 6) is 0.553. The van der Waals surface area contributed by atoms with Crippen LogP contribution >= 0.6 is 0 Å². The Bertz CT molecular complexity index is 1100. The van der Waals surface area contributed by atoms with Gasteiger partial charge in [-0.1, -0.05) is 13.8 Å². The standard InChI is InChI=1S/C22H26N4O3/c1-12(2)17-10-15(16-11-23-26(13(3)4)20(16)25-17)21(27)24-14-7-8-18-19(9-14)29-22(5,6)28-18/h7-13H,1-6H3,(H,24,27). The number of fused-ring (bicyclic) bond motifs is 2. The van der Waals surface area contributed by atoms with Crippen molar-refractivity contribution < 1.29 is 14.3 Å². The summed E-state index contributed by atoms with van der Waals surface area (Å²) in [5, 5.41) is 8.16. The number of nitrogens with zero attached hydrogens (tertiary/aromatic N) is 3. The number of carbonyl (C=O) groups is 1. The molecule has 1 amide bonds. The second-order valence-electron chi connectivity index (χ2n) is 8.39. The zero-order chi connectivity index (χ0) is 20.9. The number of ether oxygens (including phenoxy) is 2. The Hall–Kier alpha value is -3.09. The van der Waals surface area contributed by atoms with Crippen LogP contribution in [0.5, 0.6) is 11.5 Å². The van der Waals surface area contributed by atoms with Crippen molar-refractivity contribution in [2.24, 2.45) is 0 Å². The topological polar surface area (TPSA) is 78.3 Å². The summed E-state index contributed by atoms with van der Waals surface area (Å²) in [6.45, 7) is 11.9. The molecule has 0 saturated heterocycles. The lowest BCUT2D eigenvalue weighted by molar-refractivity contribution is -0.0431. The first-order valence-electron chi connectivity index (χ1n) is 9.86. The van der Waals surface area contributed by atoms with Gasteiger partial charge in [-0.15, -0.1) is 0 Å². The zero-order valence-corrected chi connectivity index (χ0v) is 17.6. The molecule has 0 saturated carbocycles. The van der Waals surface area contributed by atoms with Crippen LogP contribution < -0.4 is 14.8 Å². The molecule has 7 heteroatoms. The van der Waals surface area contributed by atoms with Crippen LogP contribution in [0.15, 0.2) is 30.5 Å². The van der Waals surface area contributed by atoms with Gasteiger partial charge in [0.05, 0.1) is 17.1 Å². The number of benzene rings is 1. The molecule has 2 aromatic heterocycles. The molecular weight excluding hydrogens is 368 g/mol. The molecule has 0 radical (unpaired) electrons. The maximum Gasteiger partial charge on any atom is 0.256 e. The average Bonchev–Trinajstić information content (AvgIpc) is 3.19. The summed E-state index contributed by atoms with van der Waals surface area (Å²) < 4.78 is 13.3. The normalized spacial score (nSPS) is 14.8. The molecule has 0 bridgehead atoms. The average molecular weight is 394 g/mol. The molecule has 1 N–H and O–H groups in total. The van der Waals surface area contributed by atoms with Crippen molar-refractivity contribution in [2.45, 2.75) is 59.3 Å². The highest BCUT2D eigenvalue weighted by Crippen LogP contribution is 2.40. The Morgan fingerprint density at radius 2 is 1.83 bits per heavy atom. The van der Waals surface area contributed by atoms with E-state index in [0.29, 0.717) is 22.7 Å². The van der Waals surface area contributed by atoms with Crippen molar-refractivity contribution in [2.75, 3.05) is 5.32 Å². The summed E-state index contributed by atoms with van der Waals surface area (Å²) in [6, 6.07) is 7.39. The van der Waals surface area contributed by atoms with Crippen molar-refractivity contribution in [3.63, 3.8) is 0 Å². The molecule has 4 rings (SSSR count). The Morgan fingerprint density at radius 3 is 2.52 bits per heavy atom. The summed E-state index contributed by atoms with van der Waals surface area (Å²) in [6.07, 6.45) is 1.71. The maximum absolute atomic E-state index is 13.2. The number of nitrogens with one attached hydrogen (secondary N) is 1. The van der Waals surface area contributed by atoms with Gasteiger partial charge in [0.2, 0.25) is 5.79 Å². The molecule has 3 aromatic rings. The zero-order valence-electron chi connectivity index (χ0n) is 17.6. The first kappa shape index (κ1) is 19.2. The molecule has 1 aromatic carbocycles. The van der Waals surface area contributed by atoms with E-state index >= 15 is 0 Å². The number of carbonyl (C=O) groups excluding carboxylic acids is 1. The van der Waals surface area contributed by atoms with Crippen molar-refractivity contribution in [3.05, 3.63) is 41.7 Å². The van der Waals surface area contributed by atoms with Gasteiger partial charge in [0, 0.05) is 37.3 Å². The molecule has 1 aliphatic rings. The number of hydrogen-bond acceptors (Lipinski definition) is 5. The SMILES string of the molecule is CC(C)c1cc(C(=O)Nc2ccc3c(c2)OC(C)(C)O3)c2cnn(C(C)C)c2n1. The molecule has 29 heavy (non-hydrogen) atoms. The van der Waals surface area contributed by atoms with Gasteiger partial charge < -0.3 is 14.8 Å². The first-order valence-corrected chi connectivity index (χ1v) is 9.86. The van der Waals surface area contributed by atoms with E-state index in [9.17, 15) is 4.79 Å². The third kappa shape index (κ3) is 3.52. The largest absolute Gasteiger partial charge is 0.449 e. The van der Waals surface area contributed by atoms with E-state index in [1.54, 1.807) is 24.4 Å². The van der Waals surface area contributed by atoms with Crippen molar-refractivity contribution in [3.8, 4) is 11.5 Å². The monoisotopic (exact) mass is 394 g/mol. The van der Waals surface area contributed by atoms with Gasteiger partial charge in [-0.25, -0.2) is 9.67 Å². The van der Waals surface area contributed by atoms with E-state index < -0.39 is 5.79 Å². The summed E-state index contributed by atoms with van der Waals surface area (Å²) in [4.78, 5) is 17.9. The van der Waals surface area contributed by atoms with E-state index in [1.165, 1.54) is 0 Å². The van der Waals surface area contributed by atoms with Gasteiger partial charge in [0.15, 0.2) is 17.1 Å². The smallest absolute Gasteiger partial charge is 0.256 e. The molecule has 1 aliphatic heterocycles. The lowest BCUT2D eigenvalue weighted by Gasteiger charge is -2.16. The first-order chi connectivity index (χ1) is 13.6. The Kier molecular flexibility index (Phi) is 4.48. The Balaban J connectivity index is 1.71. The Labute approximate surface area is 170 Å². The highest BCUT2D eigenvalue weighted by molar-refractivity contribution is 6.12. The number of pyridine rings is 1. The predicted molar refractivity (Wildman–Crippen MR) is 112 cm³/mol. The second-order valence-corrected chi connectivity index (χ2v) is 8.39. The number of amides is 1. The quantitative estimate of drug-likeness (QED) is 0.681. The van der Waals surface area contributed by atoms with Gasteiger partial charge >= 0.3 is 0 Å². The van der Waals surface area contributed by atoms with Crippen LogP contribution in [0.25, 0.3) is 11.0 Å². The fourth-order valence-corrected chi connectivity index (χ4v) is 3.40. The number of hydrogen-bond donors (Lipinski definition) is 1. The van der Waals surface area contributed by atoms with Gasteiger partial charge in [0.25, 0.3) is 5.91 Å². The molecule has 7 nitrogen and oxygen atoms in total. The van der Waals surface area contributed by atoms with Crippen LogP contribution in [0, 0.1) is 0 Å². The molecule has 0 unspecified atom stereocenters. The van der Waals surface area contributed by atoms with E-state index in [2.05, 4.69) is 24.3 Å². The van der Waals surface area contributed by atoms with Gasteiger partial charge in [0.1, 0.15) is 0 Å². The molecule has 0 spiro atoms. The van der Waals surface area contributed by atoms with Crippen LogP contribution in [-0.4, -0.2) is 26.5 Å². The third-order valence-corrected chi connectivity index (χ3v) is 4.82. The lowest BCUT2D eigenvalue weighted by atomic mass is 10.0. The highest BCUT2D eigenvalue weighted by atomic mass is 16.7. The van der Waals surface area contributed by atoms with Gasteiger partial charge in [-0.3, -0.25) is 4.79 Å². The van der Waals surface area contributed by atoms with E-state index in [1.807, 2.05) is 38.4 Å². The van der Waals surface area contributed by atoms with Gasteiger partial charge in [-0.2, -0.15) is 5.10 Å². The fourth-order valence-electron chi connectivity index (χ4n) is 3.40. The highest BCUT2D eigenvalue weighted by Gasteiger charge is 2.31. The number of anilines is 1. The van der Waals surface area contributed by atoms with E-state index in [0.717, 1.165) is 16.7 Å². The van der Waals surface area contributed by atoms with Crippen molar-refractivity contribution >= 4 is 22.6 Å². The molecule has 0 atom stereocenters. The predicted octanol–water partition coefficient (Wildman–Crippen LogP) is 4.90. The second kappa shape index (κ2) is 6.76. The minimum Gasteiger partial charge on any atom is -0.449 e. The number of rotatable bonds is 4. The lowest BCUT2D eigenvalue weighted by Crippen LogP contribution is -2.29. The summed E-state index contributed by atoms with van der Waals surface area (Å²) >= 11 is 0. The minimum atomic E-state index is -0.709. The summed E-state index contributed by atoms with van der Waals surface area (Å²) in [5.41, 5.74) is 2.78. The number of aromatic nitrogens is 3. The minimum absolute atomic E-state index is 0.149. The molecule has 3 heterocycles. The van der Waals surface area contributed by atoms with Crippen molar-refractivity contribution in [1.29, 1.82) is 0 Å². The fraction of sp³-hybridized carbons (Fsp3) is 0.409. The van der Waals surface area contributed by atoms with Crippen molar-refractivity contribution in [1.82, 2.24) is 14.8 Å². The van der Waals surface area contributed by atoms with Crippen LogP contribution in [0.1, 0.15) is 69.6 Å². The third-order valence-electron chi connectivity index (χ3n) is 4.82. The van der Waals surface area contributed by atoms with E-state index in [-0.39, 0.29) is 17.9 Å². The van der Waals surface area contributed by atoms with Crippen LogP contribution in [-0.2, 0) is 0 Å². The molecule has 0 aliphatic carbocycles. The summed E-state index contributed by atoms with van der Waals surface area (Å²) in [7, 11) is 0. The Morgan fingerprint density at radius 1 is 1.10 bits per heavy atom. The van der Waals surface area contributed by atoms with Gasteiger partial charge in [-0.05, 0) is 38.0 Å². The molecule has 0 fully saturated rings. The molecule has 152 valence electrons.